The molecule has 3 aromatic carbocycles. The van der Waals surface area contributed by atoms with Crippen LogP contribution < -0.4 is 9.47 Å². The number of aromatic nitrogens is 3. The van der Waals surface area contributed by atoms with E-state index >= 15 is 0 Å². The molecule has 0 fully saturated rings. The molecule has 0 saturated heterocycles. The van der Waals surface area contributed by atoms with Crippen molar-refractivity contribution in [3.8, 4) is 34.3 Å². The van der Waals surface area contributed by atoms with Crippen LogP contribution in [-0.2, 0) is 11.4 Å². The fourth-order valence-electron chi connectivity index (χ4n) is 3.89. The Morgan fingerprint density at radius 2 is 1.57 bits per heavy atom. The van der Waals surface area contributed by atoms with Crippen LogP contribution in [0.25, 0.3) is 33.4 Å². The van der Waals surface area contributed by atoms with Gasteiger partial charge in [-0.15, -0.1) is 0 Å². The Bertz CT molecular complexity index is 1510. The number of rotatable bonds is 10. The number of hydrogen-bond donors (Lipinski definition) is 1. The van der Waals surface area contributed by atoms with E-state index in [-0.39, 0.29) is 6.42 Å². The Morgan fingerprint density at radius 1 is 0.784 bits per heavy atom. The molecule has 0 aliphatic carbocycles. The summed E-state index contributed by atoms with van der Waals surface area (Å²) in [5, 5.41) is 10.8. The zero-order chi connectivity index (χ0) is 25.5. The molecule has 5 aromatic rings. The molecule has 0 bridgehead atoms. The van der Waals surface area contributed by atoms with Crippen molar-refractivity contribution in [1.82, 2.24) is 15.0 Å². The van der Waals surface area contributed by atoms with Crippen molar-refractivity contribution < 1.29 is 19.4 Å². The van der Waals surface area contributed by atoms with E-state index in [4.69, 9.17) is 24.5 Å². The normalized spacial score (nSPS) is 10.8. The molecule has 2 heterocycles. The molecule has 2 aromatic heterocycles. The topological polar surface area (TPSA) is 94.4 Å². The van der Waals surface area contributed by atoms with Crippen LogP contribution in [0.5, 0.6) is 11.6 Å². The first kappa shape index (κ1) is 23.9. The molecule has 0 radical (unpaired) electrons. The maximum atomic E-state index is 10.7. The first-order chi connectivity index (χ1) is 18.1. The third kappa shape index (κ3) is 6.27. The van der Waals surface area contributed by atoms with E-state index in [1.807, 2.05) is 84.9 Å². The standard InChI is InChI=1S/C30H25N3O4/c34-29(35)7-4-16-36-26-11-10-23-17-25(9-8-24(23)18-26)30-32-27(22-5-2-1-3-6-22)19-28(33-30)37-20-21-12-14-31-15-13-21/h1-3,5-6,8-15,17-19H,4,7,16,20H2,(H,34,35). The van der Waals surface area contributed by atoms with Crippen LogP contribution >= 0.6 is 0 Å². The molecule has 0 saturated carbocycles. The second-order valence-corrected chi connectivity index (χ2v) is 8.49. The van der Waals surface area contributed by atoms with Crippen molar-refractivity contribution in [3.63, 3.8) is 0 Å². The first-order valence-corrected chi connectivity index (χ1v) is 12.0. The number of carboxylic acid groups (broad SMARTS) is 1. The third-order valence-electron chi connectivity index (χ3n) is 5.78. The largest absolute Gasteiger partial charge is 0.494 e. The number of benzene rings is 3. The number of nitrogens with zero attached hydrogens (tertiary/aromatic N) is 3. The molecule has 37 heavy (non-hydrogen) atoms. The highest BCUT2D eigenvalue weighted by molar-refractivity contribution is 5.87. The number of pyridine rings is 1. The van der Waals surface area contributed by atoms with Gasteiger partial charge >= 0.3 is 5.97 Å². The number of hydrogen-bond acceptors (Lipinski definition) is 6. The van der Waals surface area contributed by atoms with Gasteiger partial charge in [-0.3, -0.25) is 9.78 Å². The summed E-state index contributed by atoms with van der Waals surface area (Å²) in [6, 6.07) is 27.5. The Labute approximate surface area is 214 Å². The molecule has 0 unspecified atom stereocenters. The minimum atomic E-state index is -0.820. The van der Waals surface area contributed by atoms with Crippen LogP contribution in [0, 0.1) is 0 Å². The molecule has 0 spiro atoms. The van der Waals surface area contributed by atoms with Gasteiger partial charge in [-0.2, -0.15) is 4.98 Å². The van der Waals surface area contributed by atoms with E-state index in [0.29, 0.717) is 37.1 Å². The van der Waals surface area contributed by atoms with Gasteiger partial charge < -0.3 is 14.6 Å². The van der Waals surface area contributed by atoms with Gasteiger partial charge in [0, 0.05) is 36.0 Å². The molecule has 7 nitrogen and oxygen atoms in total. The van der Waals surface area contributed by atoms with Gasteiger partial charge in [0.05, 0.1) is 12.3 Å². The lowest BCUT2D eigenvalue weighted by Crippen LogP contribution is -2.02. The van der Waals surface area contributed by atoms with Crippen molar-refractivity contribution in [1.29, 1.82) is 0 Å². The Hall–Kier alpha value is -4.78. The third-order valence-corrected chi connectivity index (χ3v) is 5.78. The highest BCUT2D eigenvalue weighted by Gasteiger charge is 2.11. The lowest BCUT2D eigenvalue weighted by molar-refractivity contribution is -0.137. The molecule has 0 atom stereocenters. The molecule has 0 aliphatic rings. The smallest absolute Gasteiger partial charge is 0.303 e. The summed E-state index contributed by atoms with van der Waals surface area (Å²) >= 11 is 0. The van der Waals surface area contributed by atoms with Gasteiger partial charge in [0.15, 0.2) is 5.82 Å². The monoisotopic (exact) mass is 491 g/mol. The summed E-state index contributed by atoms with van der Waals surface area (Å²) in [4.78, 5) is 24.3. The van der Waals surface area contributed by atoms with Crippen LogP contribution in [0.2, 0.25) is 0 Å². The summed E-state index contributed by atoms with van der Waals surface area (Å²) in [6.45, 7) is 0.735. The van der Waals surface area contributed by atoms with E-state index in [9.17, 15) is 4.79 Å². The highest BCUT2D eigenvalue weighted by atomic mass is 16.5. The van der Waals surface area contributed by atoms with Gasteiger partial charge in [-0.05, 0) is 53.1 Å². The summed E-state index contributed by atoms with van der Waals surface area (Å²) < 4.78 is 11.8. The molecule has 1 N–H and O–H groups in total. The van der Waals surface area contributed by atoms with Crippen molar-refractivity contribution in [3.05, 3.63) is 103 Å². The SMILES string of the molecule is O=C(O)CCCOc1ccc2cc(-c3nc(OCc4ccncc4)cc(-c4ccccc4)n3)ccc2c1. The van der Waals surface area contributed by atoms with E-state index < -0.39 is 5.97 Å². The Kier molecular flexibility index (Phi) is 7.31. The zero-order valence-corrected chi connectivity index (χ0v) is 20.1. The number of fused-ring (bicyclic) bond motifs is 1. The molecule has 5 rings (SSSR count). The van der Waals surface area contributed by atoms with Gasteiger partial charge in [0.25, 0.3) is 0 Å². The quantitative estimate of drug-likeness (QED) is 0.233. The second kappa shape index (κ2) is 11.3. The lowest BCUT2D eigenvalue weighted by Gasteiger charge is -2.11. The number of carboxylic acids is 1. The van der Waals surface area contributed by atoms with E-state index in [1.165, 1.54) is 0 Å². The Balaban J connectivity index is 1.42. The minimum Gasteiger partial charge on any atom is -0.494 e. The van der Waals surface area contributed by atoms with Crippen LogP contribution in [-0.4, -0.2) is 32.6 Å². The lowest BCUT2D eigenvalue weighted by atomic mass is 10.1. The maximum Gasteiger partial charge on any atom is 0.303 e. The summed E-state index contributed by atoms with van der Waals surface area (Å²) in [7, 11) is 0. The van der Waals surface area contributed by atoms with E-state index in [1.54, 1.807) is 12.4 Å². The zero-order valence-electron chi connectivity index (χ0n) is 20.1. The number of carbonyl (C=O) groups is 1. The predicted octanol–water partition coefficient (Wildman–Crippen LogP) is 6.18. The van der Waals surface area contributed by atoms with Crippen molar-refractivity contribution in [2.24, 2.45) is 0 Å². The van der Waals surface area contributed by atoms with Crippen LogP contribution in [0.4, 0.5) is 0 Å². The van der Waals surface area contributed by atoms with Gasteiger partial charge in [-0.1, -0.05) is 48.5 Å². The molecule has 7 heteroatoms. The molecule has 0 amide bonds. The van der Waals surface area contributed by atoms with Crippen molar-refractivity contribution in [2.45, 2.75) is 19.4 Å². The fourth-order valence-corrected chi connectivity index (χ4v) is 3.89. The summed E-state index contributed by atoms with van der Waals surface area (Å²) in [6.07, 6.45) is 4.03. The molecule has 0 aliphatic heterocycles. The van der Waals surface area contributed by atoms with Crippen LogP contribution in [0.1, 0.15) is 18.4 Å². The van der Waals surface area contributed by atoms with Gasteiger partial charge in [0.2, 0.25) is 5.88 Å². The maximum absolute atomic E-state index is 10.7. The molecular weight excluding hydrogens is 466 g/mol. The number of ether oxygens (including phenoxy) is 2. The Morgan fingerprint density at radius 3 is 2.38 bits per heavy atom. The average Bonchev–Trinajstić information content (AvgIpc) is 2.94. The number of aliphatic carboxylic acids is 1. The highest BCUT2D eigenvalue weighted by Crippen LogP contribution is 2.29. The van der Waals surface area contributed by atoms with E-state index in [2.05, 4.69) is 4.98 Å². The van der Waals surface area contributed by atoms with Crippen molar-refractivity contribution in [2.75, 3.05) is 6.61 Å². The predicted molar refractivity (Wildman–Crippen MR) is 141 cm³/mol. The summed E-state index contributed by atoms with van der Waals surface area (Å²) in [5.41, 5.74) is 3.63. The second-order valence-electron chi connectivity index (χ2n) is 8.49. The molecular formula is C30H25N3O4. The van der Waals surface area contributed by atoms with E-state index in [0.717, 1.165) is 33.2 Å². The minimum absolute atomic E-state index is 0.0905. The van der Waals surface area contributed by atoms with Gasteiger partial charge in [-0.25, -0.2) is 4.98 Å². The summed E-state index contributed by atoms with van der Waals surface area (Å²) in [5.74, 6) is 0.951. The van der Waals surface area contributed by atoms with Crippen LogP contribution in [0.3, 0.4) is 0 Å². The average molecular weight is 492 g/mol. The van der Waals surface area contributed by atoms with Crippen molar-refractivity contribution >= 4 is 16.7 Å². The van der Waals surface area contributed by atoms with Crippen LogP contribution in [0.15, 0.2) is 97.3 Å². The van der Waals surface area contributed by atoms with Gasteiger partial charge in [0.1, 0.15) is 12.4 Å². The first-order valence-electron chi connectivity index (χ1n) is 12.0. The fraction of sp³-hybridized carbons (Fsp3) is 0.133. The molecule has 184 valence electrons.